The summed E-state index contributed by atoms with van der Waals surface area (Å²) in [6, 6.07) is 9.29. The van der Waals surface area contributed by atoms with Crippen LogP contribution < -0.4 is 15.2 Å². The van der Waals surface area contributed by atoms with Gasteiger partial charge in [-0.2, -0.15) is 4.98 Å². The summed E-state index contributed by atoms with van der Waals surface area (Å²) in [5.74, 6) is 0.604. The van der Waals surface area contributed by atoms with Crippen LogP contribution >= 0.6 is 0 Å². The molecule has 0 radical (unpaired) electrons. The van der Waals surface area contributed by atoms with Crippen molar-refractivity contribution in [2.24, 2.45) is 0 Å². The summed E-state index contributed by atoms with van der Waals surface area (Å²) in [6.07, 6.45) is 3.09. The molecule has 2 aromatic heterocycles. The number of aromatic amines is 1. The number of hydrogen-bond donors (Lipinski definition) is 1. The van der Waals surface area contributed by atoms with Gasteiger partial charge in [0.1, 0.15) is 5.75 Å². The van der Waals surface area contributed by atoms with Crippen LogP contribution in [0.5, 0.6) is 11.8 Å². The van der Waals surface area contributed by atoms with Crippen molar-refractivity contribution < 1.29 is 4.74 Å². The summed E-state index contributed by atoms with van der Waals surface area (Å²) < 4.78 is 5.64. The van der Waals surface area contributed by atoms with Crippen molar-refractivity contribution in [2.45, 2.75) is 0 Å². The van der Waals surface area contributed by atoms with E-state index in [0.29, 0.717) is 16.7 Å². The Morgan fingerprint density at radius 2 is 2.10 bits per heavy atom. The first-order valence-electron chi connectivity index (χ1n) is 6.43. The maximum absolute atomic E-state index is 12.0. The fourth-order valence-electron chi connectivity index (χ4n) is 1.95. The van der Waals surface area contributed by atoms with E-state index in [-0.39, 0.29) is 11.6 Å². The van der Waals surface area contributed by atoms with Crippen molar-refractivity contribution in [2.75, 3.05) is 19.0 Å². The van der Waals surface area contributed by atoms with Gasteiger partial charge in [0.15, 0.2) is 0 Å². The number of anilines is 1. The van der Waals surface area contributed by atoms with Gasteiger partial charge in [-0.1, -0.05) is 6.07 Å². The molecule has 0 aliphatic heterocycles. The molecule has 6 heteroatoms. The molecule has 0 saturated heterocycles. The molecular weight excluding hydrogens is 268 g/mol. The normalized spacial score (nSPS) is 10.6. The number of aromatic nitrogens is 3. The summed E-state index contributed by atoms with van der Waals surface area (Å²) in [5, 5.41) is 0.486. The lowest BCUT2D eigenvalue weighted by molar-refractivity contribution is 0.443. The number of fused-ring (bicyclic) bond motifs is 1. The third-order valence-electron chi connectivity index (χ3n) is 3.04. The van der Waals surface area contributed by atoms with E-state index < -0.39 is 0 Å². The number of hydrogen-bond acceptors (Lipinski definition) is 5. The minimum absolute atomic E-state index is 0.149. The molecule has 0 unspecified atom stereocenters. The van der Waals surface area contributed by atoms with E-state index in [1.807, 2.05) is 37.2 Å². The van der Waals surface area contributed by atoms with E-state index in [0.717, 1.165) is 5.69 Å². The van der Waals surface area contributed by atoms with Gasteiger partial charge in [-0.05, 0) is 18.2 Å². The van der Waals surface area contributed by atoms with Crippen LogP contribution in [0.2, 0.25) is 0 Å². The molecule has 3 aromatic rings. The van der Waals surface area contributed by atoms with E-state index in [9.17, 15) is 4.79 Å². The topological polar surface area (TPSA) is 71.1 Å². The zero-order valence-corrected chi connectivity index (χ0v) is 11.7. The predicted octanol–water partition coefficient (Wildman–Crippen LogP) is 2.18. The standard InChI is InChI=1S/C15H14N4O2/c1-19(2)10-4-3-5-11(8-10)21-15-17-13-9-16-7-6-12(13)14(20)18-15/h3-9H,1-2H3,(H,17,18,20). The molecule has 0 aliphatic carbocycles. The molecule has 1 aromatic carbocycles. The van der Waals surface area contributed by atoms with Gasteiger partial charge >= 0.3 is 6.01 Å². The van der Waals surface area contributed by atoms with E-state index in [2.05, 4.69) is 15.0 Å². The molecule has 0 atom stereocenters. The third-order valence-corrected chi connectivity index (χ3v) is 3.04. The molecule has 2 heterocycles. The van der Waals surface area contributed by atoms with Crippen LogP contribution in [0.15, 0.2) is 47.5 Å². The van der Waals surface area contributed by atoms with Crippen LogP contribution in [0, 0.1) is 0 Å². The first-order chi connectivity index (χ1) is 10.1. The monoisotopic (exact) mass is 282 g/mol. The highest BCUT2D eigenvalue weighted by Crippen LogP contribution is 2.23. The Hall–Kier alpha value is -2.89. The van der Waals surface area contributed by atoms with Crippen molar-refractivity contribution in [1.29, 1.82) is 0 Å². The largest absolute Gasteiger partial charge is 0.425 e. The molecule has 106 valence electrons. The number of pyridine rings is 1. The Morgan fingerprint density at radius 1 is 1.24 bits per heavy atom. The van der Waals surface area contributed by atoms with Gasteiger partial charge in [0.25, 0.3) is 5.56 Å². The van der Waals surface area contributed by atoms with Gasteiger partial charge < -0.3 is 9.64 Å². The van der Waals surface area contributed by atoms with Gasteiger partial charge in [0.05, 0.1) is 17.1 Å². The Bertz CT molecular complexity index is 842. The molecule has 0 saturated carbocycles. The quantitative estimate of drug-likeness (QED) is 0.797. The number of rotatable bonds is 3. The zero-order chi connectivity index (χ0) is 14.8. The second-order valence-electron chi connectivity index (χ2n) is 4.76. The number of ether oxygens (including phenoxy) is 1. The minimum atomic E-state index is -0.249. The van der Waals surface area contributed by atoms with E-state index in [1.54, 1.807) is 18.3 Å². The lowest BCUT2D eigenvalue weighted by atomic mass is 10.3. The van der Waals surface area contributed by atoms with Gasteiger partial charge in [-0.15, -0.1) is 0 Å². The molecule has 1 N–H and O–H groups in total. The molecule has 6 nitrogen and oxygen atoms in total. The van der Waals surface area contributed by atoms with Crippen molar-refractivity contribution in [1.82, 2.24) is 15.0 Å². The smallest absolute Gasteiger partial charge is 0.302 e. The van der Waals surface area contributed by atoms with Crippen molar-refractivity contribution in [3.05, 3.63) is 53.1 Å². The Labute approximate surface area is 121 Å². The molecule has 3 rings (SSSR count). The molecule has 0 spiro atoms. The van der Waals surface area contributed by atoms with Crippen molar-refractivity contribution in [3.8, 4) is 11.8 Å². The highest BCUT2D eigenvalue weighted by molar-refractivity contribution is 5.76. The van der Waals surface area contributed by atoms with E-state index in [4.69, 9.17) is 4.74 Å². The molecule has 0 fully saturated rings. The fraction of sp³-hybridized carbons (Fsp3) is 0.133. The fourth-order valence-corrected chi connectivity index (χ4v) is 1.95. The maximum Gasteiger partial charge on any atom is 0.302 e. The van der Waals surface area contributed by atoms with Crippen molar-refractivity contribution in [3.63, 3.8) is 0 Å². The number of nitrogens with one attached hydrogen (secondary N) is 1. The van der Waals surface area contributed by atoms with Crippen LogP contribution in [0.25, 0.3) is 10.9 Å². The van der Waals surface area contributed by atoms with Crippen LogP contribution in [0.4, 0.5) is 5.69 Å². The molecular formula is C15H14N4O2. The van der Waals surface area contributed by atoms with Gasteiger partial charge in [0.2, 0.25) is 0 Å². The summed E-state index contributed by atoms with van der Waals surface area (Å²) in [7, 11) is 3.89. The second-order valence-corrected chi connectivity index (χ2v) is 4.76. The summed E-state index contributed by atoms with van der Waals surface area (Å²) in [5.41, 5.74) is 1.25. The van der Waals surface area contributed by atoms with Gasteiger partial charge in [-0.3, -0.25) is 14.8 Å². The van der Waals surface area contributed by atoms with Gasteiger partial charge in [0, 0.05) is 32.0 Å². The van der Waals surface area contributed by atoms with Crippen LogP contribution in [-0.2, 0) is 0 Å². The summed E-state index contributed by atoms with van der Waals surface area (Å²) >= 11 is 0. The summed E-state index contributed by atoms with van der Waals surface area (Å²) in [4.78, 5) is 24.8. The second kappa shape index (κ2) is 5.24. The maximum atomic E-state index is 12.0. The first kappa shape index (κ1) is 13.1. The molecule has 0 bridgehead atoms. The predicted molar refractivity (Wildman–Crippen MR) is 81.0 cm³/mol. The Balaban J connectivity index is 1.98. The van der Waals surface area contributed by atoms with Crippen molar-refractivity contribution >= 4 is 16.6 Å². The lowest BCUT2D eigenvalue weighted by Gasteiger charge is -2.13. The Morgan fingerprint density at radius 3 is 2.90 bits per heavy atom. The SMILES string of the molecule is CN(C)c1cccc(Oc2nc3cnccc3c(=O)[nH]2)c1. The average Bonchev–Trinajstić information content (AvgIpc) is 2.47. The van der Waals surface area contributed by atoms with Crippen LogP contribution in [0.1, 0.15) is 0 Å². The number of nitrogens with zero attached hydrogens (tertiary/aromatic N) is 3. The lowest BCUT2D eigenvalue weighted by Crippen LogP contribution is -2.10. The average molecular weight is 282 g/mol. The van der Waals surface area contributed by atoms with E-state index >= 15 is 0 Å². The Kier molecular flexibility index (Phi) is 3.27. The molecule has 0 amide bonds. The highest BCUT2D eigenvalue weighted by atomic mass is 16.5. The number of H-pyrrole nitrogens is 1. The highest BCUT2D eigenvalue weighted by Gasteiger charge is 2.06. The first-order valence-corrected chi connectivity index (χ1v) is 6.43. The third kappa shape index (κ3) is 2.69. The minimum Gasteiger partial charge on any atom is -0.425 e. The van der Waals surface area contributed by atoms with E-state index in [1.165, 1.54) is 6.20 Å². The van der Waals surface area contributed by atoms with Crippen LogP contribution in [0.3, 0.4) is 0 Å². The molecule has 21 heavy (non-hydrogen) atoms. The zero-order valence-electron chi connectivity index (χ0n) is 11.7. The van der Waals surface area contributed by atoms with Crippen LogP contribution in [-0.4, -0.2) is 29.0 Å². The van der Waals surface area contributed by atoms with Gasteiger partial charge in [-0.25, -0.2) is 0 Å². The number of benzene rings is 1. The molecule has 0 aliphatic rings. The summed E-state index contributed by atoms with van der Waals surface area (Å²) in [6.45, 7) is 0.